The molecule has 2 aromatic heterocycles. The van der Waals surface area contributed by atoms with Crippen molar-refractivity contribution in [3.8, 4) is 10.6 Å². The first kappa shape index (κ1) is 15.9. The van der Waals surface area contributed by atoms with Gasteiger partial charge in [-0.3, -0.25) is 4.90 Å². The number of thiazole rings is 2. The van der Waals surface area contributed by atoms with Crippen molar-refractivity contribution in [1.82, 2.24) is 14.9 Å². The van der Waals surface area contributed by atoms with Gasteiger partial charge in [-0.15, -0.1) is 22.7 Å². The third-order valence-corrected chi connectivity index (χ3v) is 6.14. The van der Waals surface area contributed by atoms with Gasteiger partial charge < -0.3 is 4.74 Å². The number of morpholine rings is 1. The van der Waals surface area contributed by atoms with Crippen LogP contribution in [0.15, 0.2) is 41.2 Å². The molecule has 3 heterocycles. The van der Waals surface area contributed by atoms with Crippen LogP contribution in [0.1, 0.15) is 22.3 Å². The van der Waals surface area contributed by atoms with E-state index in [9.17, 15) is 0 Å². The Kier molecular flexibility index (Phi) is 4.71. The van der Waals surface area contributed by atoms with E-state index < -0.39 is 0 Å². The molecule has 0 N–H and O–H groups in total. The number of aryl methyl sites for hydroxylation is 1. The predicted octanol–water partition coefficient (Wildman–Crippen LogP) is 4.15. The molecule has 4 nitrogen and oxygen atoms in total. The number of ether oxygens (including phenoxy) is 1. The van der Waals surface area contributed by atoms with Crippen molar-refractivity contribution in [2.45, 2.75) is 19.5 Å². The summed E-state index contributed by atoms with van der Waals surface area (Å²) in [4.78, 5) is 13.1. The summed E-state index contributed by atoms with van der Waals surface area (Å²) in [6.07, 6.45) is 0. The summed E-state index contributed by atoms with van der Waals surface area (Å²) < 4.78 is 5.74. The molecule has 0 radical (unpaired) electrons. The summed E-state index contributed by atoms with van der Waals surface area (Å²) in [5.41, 5.74) is 5.35. The smallest absolute Gasteiger partial charge is 0.123 e. The number of nitrogens with zero attached hydrogens (tertiary/aromatic N) is 3. The highest BCUT2D eigenvalue weighted by molar-refractivity contribution is 7.13. The molecule has 24 heavy (non-hydrogen) atoms. The molecule has 0 aliphatic carbocycles. The van der Waals surface area contributed by atoms with Crippen LogP contribution in [0.2, 0.25) is 0 Å². The second-order valence-corrected chi connectivity index (χ2v) is 7.66. The van der Waals surface area contributed by atoms with E-state index in [4.69, 9.17) is 9.72 Å². The van der Waals surface area contributed by atoms with Crippen LogP contribution in [0.5, 0.6) is 0 Å². The molecule has 3 aromatic rings. The van der Waals surface area contributed by atoms with Crippen LogP contribution < -0.4 is 0 Å². The van der Waals surface area contributed by atoms with Gasteiger partial charge in [-0.2, -0.15) is 0 Å². The molecule has 1 aliphatic rings. The van der Waals surface area contributed by atoms with Crippen molar-refractivity contribution in [3.05, 3.63) is 57.5 Å². The highest BCUT2D eigenvalue weighted by Gasteiger charge is 2.27. The second kappa shape index (κ2) is 7.11. The van der Waals surface area contributed by atoms with Crippen LogP contribution in [0, 0.1) is 6.92 Å². The Hall–Kier alpha value is -1.60. The normalized spacial score (nSPS) is 18.8. The summed E-state index contributed by atoms with van der Waals surface area (Å²) in [7, 11) is 0. The van der Waals surface area contributed by atoms with E-state index in [1.54, 1.807) is 22.7 Å². The standard InChI is InChI=1S/C18H19N3OS2/c1-13-17(24-12-19-13)9-21-7-8-22-10-16(21)15-11-23-18(20-15)14-5-3-2-4-6-14/h2-6,11-12,16H,7-10H2,1H3/t16-/m1/s1. The lowest BCUT2D eigenvalue weighted by molar-refractivity contribution is -0.0136. The third kappa shape index (κ3) is 3.28. The van der Waals surface area contributed by atoms with E-state index in [1.165, 1.54) is 10.4 Å². The van der Waals surface area contributed by atoms with Crippen LogP contribution in [-0.4, -0.2) is 34.6 Å². The Morgan fingerprint density at radius 3 is 2.92 bits per heavy atom. The van der Waals surface area contributed by atoms with Crippen LogP contribution >= 0.6 is 22.7 Å². The monoisotopic (exact) mass is 357 g/mol. The van der Waals surface area contributed by atoms with Gasteiger partial charge in [0.05, 0.1) is 36.2 Å². The van der Waals surface area contributed by atoms with E-state index in [0.717, 1.165) is 36.1 Å². The van der Waals surface area contributed by atoms with Crippen molar-refractivity contribution in [3.63, 3.8) is 0 Å². The largest absolute Gasteiger partial charge is 0.378 e. The molecule has 0 saturated carbocycles. The highest BCUT2D eigenvalue weighted by Crippen LogP contribution is 2.31. The summed E-state index contributed by atoms with van der Waals surface area (Å²) in [5.74, 6) is 0. The average Bonchev–Trinajstić information content (AvgIpc) is 3.26. The Bertz CT molecular complexity index is 799. The molecular weight excluding hydrogens is 338 g/mol. The maximum Gasteiger partial charge on any atom is 0.123 e. The highest BCUT2D eigenvalue weighted by atomic mass is 32.1. The van der Waals surface area contributed by atoms with Crippen molar-refractivity contribution in [2.24, 2.45) is 0 Å². The maximum atomic E-state index is 5.74. The SMILES string of the molecule is Cc1ncsc1CN1CCOC[C@@H]1c1csc(-c2ccccc2)n1. The van der Waals surface area contributed by atoms with Crippen LogP contribution in [0.25, 0.3) is 10.6 Å². The fraction of sp³-hybridized carbons (Fsp3) is 0.333. The molecule has 124 valence electrons. The summed E-state index contributed by atoms with van der Waals surface area (Å²) in [5, 5.41) is 3.25. The van der Waals surface area contributed by atoms with E-state index in [0.29, 0.717) is 6.61 Å². The van der Waals surface area contributed by atoms with Crippen molar-refractivity contribution < 1.29 is 4.74 Å². The topological polar surface area (TPSA) is 38.2 Å². The lowest BCUT2D eigenvalue weighted by Crippen LogP contribution is -2.39. The fourth-order valence-electron chi connectivity index (χ4n) is 2.91. The van der Waals surface area contributed by atoms with Crippen molar-refractivity contribution in [1.29, 1.82) is 0 Å². The number of aromatic nitrogens is 2. The molecule has 1 aromatic carbocycles. The van der Waals surface area contributed by atoms with Gasteiger partial charge in [-0.05, 0) is 6.92 Å². The lowest BCUT2D eigenvalue weighted by Gasteiger charge is -2.34. The van der Waals surface area contributed by atoms with E-state index >= 15 is 0 Å². The Morgan fingerprint density at radius 1 is 1.25 bits per heavy atom. The zero-order valence-corrected chi connectivity index (χ0v) is 15.1. The molecular formula is C18H19N3OS2. The van der Waals surface area contributed by atoms with Gasteiger partial charge in [0.2, 0.25) is 0 Å². The zero-order valence-electron chi connectivity index (χ0n) is 13.5. The fourth-order valence-corrected chi connectivity index (χ4v) is 4.59. The van der Waals surface area contributed by atoms with Gasteiger partial charge in [-0.25, -0.2) is 9.97 Å². The van der Waals surface area contributed by atoms with Gasteiger partial charge in [0, 0.05) is 28.9 Å². The van der Waals surface area contributed by atoms with Gasteiger partial charge in [0.15, 0.2) is 0 Å². The van der Waals surface area contributed by atoms with Crippen LogP contribution in [0.4, 0.5) is 0 Å². The minimum atomic E-state index is 0.217. The first-order valence-electron chi connectivity index (χ1n) is 8.03. The van der Waals surface area contributed by atoms with E-state index in [2.05, 4.69) is 46.5 Å². The number of rotatable bonds is 4. The first-order valence-corrected chi connectivity index (χ1v) is 9.79. The molecule has 0 spiro atoms. The molecule has 1 aliphatic heterocycles. The zero-order chi connectivity index (χ0) is 16.4. The van der Waals surface area contributed by atoms with E-state index in [1.807, 2.05) is 11.6 Å². The Labute approximate surface area is 149 Å². The molecule has 0 amide bonds. The van der Waals surface area contributed by atoms with Gasteiger partial charge in [0.25, 0.3) is 0 Å². The number of hydrogen-bond donors (Lipinski definition) is 0. The summed E-state index contributed by atoms with van der Waals surface area (Å²) in [6.45, 7) is 5.42. The first-order chi connectivity index (χ1) is 11.8. The minimum Gasteiger partial charge on any atom is -0.378 e. The quantitative estimate of drug-likeness (QED) is 0.703. The van der Waals surface area contributed by atoms with Gasteiger partial charge >= 0.3 is 0 Å². The lowest BCUT2D eigenvalue weighted by atomic mass is 10.1. The van der Waals surface area contributed by atoms with Crippen LogP contribution in [-0.2, 0) is 11.3 Å². The molecule has 0 bridgehead atoms. The Balaban J connectivity index is 1.57. The molecule has 0 unspecified atom stereocenters. The molecule has 4 rings (SSSR count). The molecule has 1 saturated heterocycles. The summed E-state index contributed by atoms with van der Waals surface area (Å²) >= 11 is 3.44. The third-order valence-electron chi connectivity index (χ3n) is 4.31. The maximum absolute atomic E-state index is 5.74. The van der Waals surface area contributed by atoms with Gasteiger partial charge in [0.1, 0.15) is 5.01 Å². The van der Waals surface area contributed by atoms with Crippen LogP contribution in [0.3, 0.4) is 0 Å². The number of benzene rings is 1. The predicted molar refractivity (Wildman–Crippen MR) is 98.4 cm³/mol. The average molecular weight is 358 g/mol. The van der Waals surface area contributed by atoms with Crippen molar-refractivity contribution in [2.75, 3.05) is 19.8 Å². The van der Waals surface area contributed by atoms with Crippen molar-refractivity contribution >= 4 is 22.7 Å². The second-order valence-electron chi connectivity index (χ2n) is 5.87. The summed E-state index contributed by atoms with van der Waals surface area (Å²) in [6, 6.07) is 10.6. The Morgan fingerprint density at radius 2 is 2.12 bits per heavy atom. The molecule has 1 fully saturated rings. The number of hydrogen-bond acceptors (Lipinski definition) is 6. The minimum absolute atomic E-state index is 0.217. The molecule has 6 heteroatoms. The van der Waals surface area contributed by atoms with Gasteiger partial charge in [-0.1, -0.05) is 30.3 Å². The molecule has 1 atom stereocenters. The van der Waals surface area contributed by atoms with E-state index in [-0.39, 0.29) is 6.04 Å².